The molecule has 0 radical (unpaired) electrons. The van der Waals surface area contributed by atoms with Crippen molar-refractivity contribution >= 4 is 100 Å². The predicted octanol–water partition coefficient (Wildman–Crippen LogP) is 8.76. The van der Waals surface area contributed by atoms with E-state index in [1.165, 1.54) is 0 Å². The van der Waals surface area contributed by atoms with Crippen molar-refractivity contribution in [2.45, 2.75) is 32.1 Å². The van der Waals surface area contributed by atoms with E-state index in [1.807, 2.05) is 0 Å². The molecular formula is C23H18Br2Cl2N6O4. The van der Waals surface area contributed by atoms with Crippen LogP contribution in [0.5, 0.6) is 11.8 Å². The van der Waals surface area contributed by atoms with Gasteiger partial charge in [0.05, 0.1) is 11.0 Å². The van der Waals surface area contributed by atoms with Crippen LogP contribution in [0.15, 0.2) is 53.7 Å². The second-order valence-electron chi connectivity index (χ2n) is 8.01. The van der Waals surface area contributed by atoms with Gasteiger partial charge in [0, 0.05) is 42.6 Å². The molecule has 2 aromatic heterocycles. The van der Waals surface area contributed by atoms with Crippen LogP contribution in [0.25, 0.3) is 21.8 Å². The van der Waals surface area contributed by atoms with Gasteiger partial charge < -0.3 is 20.2 Å². The molecule has 0 aliphatic rings. The Balaban J connectivity index is 1.25. The number of hydrogen-bond acceptors (Lipinski definition) is 6. The summed E-state index contributed by atoms with van der Waals surface area (Å²) in [6.45, 7) is 0. The van der Waals surface area contributed by atoms with Crippen molar-refractivity contribution in [3.05, 3.63) is 43.3 Å². The Morgan fingerprint density at radius 1 is 0.730 bits per heavy atom. The highest BCUT2D eigenvalue weighted by Crippen LogP contribution is 2.41. The number of halogens is 4. The fourth-order valence-corrected chi connectivity index (χ4v) is 5.45. The predicted molar refractivity (Wildman–Crippen MR) is 147 cm³/mol. The number of azo groups is 2. The van der Waals surface area contributed by atoms with E-state index in [-0.39, 0.29) is 36.0 Å². The maximum Gasteiger partial charge on any atom is 0.264 e. The number of aromatic hydroxyl groups is 2. The SMILES string of the molecule is O=C(CCCCCC(=O)N=Nc1c(O)[nH]c2c(Br)cc(Cl)cc12)N=Nc1c(O)[nH]c2c(Br)cc(Cl)cc12. The smallest absolute Gasteiger partial charge is 0.264 e. The first-order valence-corrected chi connectivity index (χ1v) is 13.3. The Hall–Kier alpha value is -2.80. The largest absolute Gasteiger partial charge is 0.493 e. The summed E-state index contributed by atoms with van der Waals surface area (Å²) >= 11 is 18.8. The Morgan fingerprint density at radius 2 is 1.14 bits per heavy atom. The number of aromatic nitrogens is 2. The molecule has 2 amide bonds. The van der Waals surface area contributed by atoms with E-state index in [2.05, 4.69) is 62.3 Å². The van der Waals surface area contributed by atoms with Crippen LogP contribution >= 0.6 is 55.1 Å². The van der Waals surface area contributed by atoms with Crippen LogP contribution < -0.4 is 0 Å². The number of unbranched alkanes of at least 4 members (excludes halogenated alkanes) is 2. The highest BCUT2D eigenvalue weighted by Gasteiger charge is 2.15. The summed E-state index contributed by atoms with van der Waals surface area (Å²) in [5, 5.41) is 37.3. The molecule has 0 fully saturated rings. The number of nitrogens with one attached hydrogen (secondary N) is 2. The van der Waals surface area contributed by atoms with E-state index in [9.17, 15) is 19.8 Å². The van der Waals surface area contributed by atoms with Gasteiger partial charge >= 0.3 is 0 Å². The minimum Gasteiger partial charge on any atom is -0.493 e. The highest BCUT2D eigenvalue weighted by molar-refractivity contribution is 9.11. The van der Waals surface area contributed by atoms with Gasteiger partial charge in [-0.15, -0.1) is 20.5 Å². The van der Waals surface area contributed by atoms with Crippen LogP contribution in [-0.4, -0.2) is 32.0 Å². The van der Waals surface area contributed by atoms with E-state index < -0.39 is 11.8 Å². The number of aromatic amines is 2. The molecule has 0 bridgehead atoms. The van der Waals surface area contributed by atoms with Gasteiger partial charge in [-0.1, -0.05) is 29.6 Å². The van der Waals surface area contributed by atoms with Crippen molar-refractivity contribution < 1.29 is 19.8 Å². The number of nitrogens with zero attached hydrogens (tertiary/aromatic N) is 4. The number of benzene rings is 2. The average molecular weight is 673 g/mol. The third-order valence-electron chi connectivity index (χ3n) is 5.36. The first kappa shape index (κ1) is 27.2. The second kappa shape index (κ2) is 11.7. The van der Waals surface area contributed by atoms with Crippen LogP contribution in [0.1, 0.15) is 32.1 Å². The first-order chi connectivity index (χ1) is 17.6. The van der Waals surface area contributed by atoms with E-state index in [4.69, 9.17) is 23.2 Å². The molecule has 0 aliphatic carbocycles. The molecular weight excluding hydrogens is 655 g/mol. The number of carbonyl (C=O) groups is 2. The zero-order chi connectivity index (χ0) is 26.7. The Labute approximate surface area is 236 Å². The Bertz CT molecular complexity index is 1460. The summed E-state index contributed by atoms with van der Waals surface area (Å²) in [5.41, 5.74) is 1.42. The second-order valence-corrected chi connectivity index (χ2v) is 10.6. The lowest BCUT2D eigenvalue weighted by molar-refractivity contribution is -0.118. The third-order valence-corrected chi connectivity index (χ3v) is 7.05. The van der Waals surface area contributed by atoms with Crippen LogP contribution in [0.4, 0.5) is 11.4 Å². The molecule has 10 nitrogen and oxygen atoms in total. The molecule has 0 atom stereocenters. The lowest BCUT2D eigenvalue weighted by Gasteiger charge is -1.98. The number of carbonyl (C=O) groups excluding carboxylic acids is 2. The van der Waals surface area contributed by atoms with Crippen LogP contribution in [0, 0.1) is 0 Å². The molecule has 0 spiro atoms. The molecule has 4 N–H and O–H groups in total. The maximum absolute atomic E-state index is 12.1. The summed E-state index contributed by atoms with van der Waals surface area (Å²) in [5.74, 6) is -1.36. The van der Waals surface area contributed by atoms with Gasteiger partial charge in [0.15, 0.2) is 11.4 Å². The fourth-order valence-electron chi connectivity index (χ4n) is 3.63. The minimum absolute atomic E-state index is 0.123. The van der Waals surface area contributed by atoms with E-state index in [0.29, 0.717) is 60.1 Å². The molecule has 0 aliphatic heterocycles. The summed E-state index contributed by atoms with van der Waals surface area (Å²) in [6.07, 6.45) is 1.84. The van der Waals surface area contributed by atoms with Crippen LogP contribution in [0.2, 0.25) is 10.0 Å². The van der Waals surface area contributed by atoms with Crippen molar-refractivity contribution in [1.82, 2.24) is 9.97 Å². The van der Waals surface area contributed by atoms with E-state index >= 15 is 0 Å². The third kappa shape index (κ3) is 6.38. The standard InChI is InChI=1S/C23H18Br2Cl2N6O4/c24-14-8-10(26)6-12-18(14)28-22(36)20(12)32-30-16(34)4-2-1-3-5-17(35)31-33-21-13-7-11(27)9-15(25)19(13)29-23(21)37/h6-9,28-29,36-37H,1-5H2. The summed E-state index contributed by atoms with van der Waals surface area (Å²) in [7, 11) is 0. The van der Waals surface area contributed by atoms with Gasteiger partial charge in [-0.25, -0.2) is 0 Å². The molecule has 14 heteroatoms. The molecule has 0 unspecified atom stereocenters. The summed E-state index contributed by atoms with van der Waals surface area (Å²) < 4.78 is 1.28. The maximum atomic E-state index is 12.1. The lowest BCUT2D eigenvalue weighted by atomic mass is 10.1. The van der Waals surface area contributed by atoms with Gasteiger partial charge in [-0.2, -0.15) is 0 Å². The average Bonchev–Trinajstić information content (AvgIpc) is 3.32. The van der Waals surface area contributed by atoms with Crippen molar-refractivity contribution in [3.8, 4) is 11.8 Å². The van der Waals surface area contributed by atoms with Crippen molar-refractivity contribution in [2.24, 2.45) is 20.5 Å². The molecule has 0 saturated carbocycles. The number of rotatable bonds is 8. The first-order valence-electron chi connectivity index (χ1n) is 10.9. The van der Waals surface area contributed by atoms with Crippen molar-refractivity contribution in [2.75, 3.05) is 0 Å². The number of fused-ring (bicyclic) bond motifs is 2. The number of H-pyrrole nitrogens is 2. The van der Waals surface area contributed by atoms with Crippen molar-refractivity contribution in [1.29, 1.82) is 0 Å². The number of hydrogen-bond donors (Lipinski definition) is 4. The fraction of sp³-hybridized carbons (Fsp3) is 0.217. The zero-order valence-corrected chi connectivity index (χ0v) is 23.5. The van der Waals surface area contributed by atoms with Crippen LogP contribution in [-0.2, 0) is 9.59 Å². The molecule has 4 rings (SSSR count). The van der Waals surface area contributed by atoms with E-state index in [0.717, 1.165) is 0 Å². The summed E-state index contributed by atoms with van der Waals surface area (Å²) in [4.78, 5) is 29.8. The number of amides is 2. The van der Waals surface area contributed by atoms with Gasteiger partial charge in [0.1, 0.15) is 0 Å². The minimum atomic E-state index is -0.458. The highest BCUT2D eigenvalue weighted by atomic mass is 79.9. The Morgan fingerprint density at radius 3 is 1.54 bits per heavy atom. The molecule has 0 saturated heterocycles. The van der Waals surface area contributed by atoms with Gasteiger partial charge in [-0.3, -0.25) is 9.59 Å². The molecule has 192 valence electrons. The normalized spacial score (nSPS) is 12.0. The monoisotopic (exact) mass is 670 g/mol. The summed E-state index contributed by atoms with van der Waals surface area (Å²) in [6, 6.07) is 6.55. The Kier molecular flexibility index (Phi) is 8.63. The molecule has 4 aromatic rings. The van der Waals surface area contributed by atoms with Gasteiger partial charge in [-0.05, 0) is 69.0 Å². The zero-order valence-electron chi connectivity index (χ0n) is 18.9. The lowest BCUT2D eigenvalue weighted by Crippen LogP contribution is -1.94. The molecule has 37 heavy (non-hydrogen) atoms. The van der Waals surface area contributed by atoms with Crippen LogP contribution in [0.3, 0.4) is 0 Å². The van der Waals surface area contributed by atoms with E-state index in [1.54, 1.807) is 24.3 Å². The quantitative estimate of drug-likeness (QED) is 0.109. The molecule has 2 heterocycles. The van der Waals surface area contributed by atoms with Gasteiger partial charge in [0.25, 0.3) is 11.8 Å². The van der Waals surface area contributed by atoms with Gasteiger partial charge in [0.2, 0.25) is 11.8 Å². The topological polar surface area (TPSA) is 156 Å². The van der Waals surface area contributed by atoms with Crippen molar-refractivity contribution in [3.63, 3.8) is 0 Å². The molecule has 2 aromatic carbocycles.